The third-order valence-corrected chi connectivity index (χ3v) is 2.36. The lowest BCUT2D eigenvalue weighted by Crippen LogP contribution is -1.90. The highest BCUT2D eigenvalue weighted by atomic mass is 14.0. The highest BCUT2D eigenvalue weighted by Gasteiger charge is 1.97. The lowest BCUT2D eigenvalue weighted by atomic mass is 10.1. The van der Waals surface area contributed by atoms with E-state index in [2.05, 4.69) is 36.1 Å². The first kappa shape index (κ1) is 10.5. The van der Waals surface area contributed by atoms with Crippen LogP contribution in [-0.2, 0) is 0 Å². The van der Waals surface area contributed by atoms with Crippen LogP contribution < -0.4 is 0 Å². The van der Waals surface area contributed by atoms with Crippen LogP contribution in [0.15, 0.2) is 72.9 Å². The quantitative estimate of drug-likeness (QED) is 0.531. The molecule has 0 aromatic carbocycles. The minimum atomic E-state index is 0.230. The van der Waals surface area contributed by atoms with E-state index in [4.69, 9.17) is 0 Å². The third-order valence-electron chi connectivity index (χ3n) is 2.36. The molecule has 0 saturated carbocycles. The lowest BCUT2D eigenvalue weighted by Gasteiger charge is -1.97. The van der Waals surface area contributed by atoms with Crippen molar-refractivity contribution in [2.24, 2.45) is 11.8 Å². The Morgan fingerprint density at radius 1 is 0.438 bits per heavy atom. The van der Waals surface area contributed by atoms with Crippen LogP contribution >= 0.6 is 0 Å². The molecular weight excluding hydrogens is 192 g/mol. The first-order valence-electron chi connectivity index (χ1n) is 5.49. The van der Waals surface area contributed by atoms with Crippen molar-refractivity contribution in [3.8, 4) is 11.8 Å². The molecule has 0 unspecified atom stereocenters. The van der Waals surface area contributed by atoms with E-state index in [0.717, 1.165) is 0 Å². The summed E-state index contributed by atoms with van der Waals surface area (Å²) < 4.78 is 0. The van der Waals surface area contributed by atoms with Crippen LogP contribution in [0.4, 0.5) is 0 Å². The summed E-state index contributed by atoms with van der Waals surface area (Å²) in [5, 5.41) is 0. The number of hydrogen-bond donors (Lipinski definition) is 0. The Bertz CT molecular complexity index is 382. The fourth-order valence-corrected chi connectivity index (χ4v) is 1.51. The smallest absolute Gasteiger partial charge is 0.0569 e. The Hall–Kier alpha value is -2.00. The van der Waals surface area contributed by atoms with Crippen molar-refractivity contribution < 1.29 is 0 Å². The van der Waals surface area contributed by atoms with Crippen LogP contribution in [0.2, 0.25) is 0 Å². The predicted molar refractivity (Wildman–Crippen MR) is 69.6 cm³/mol. The second kappa shape index (κ2) is 5.78. The molecule has 0 spiro atoms. The summed E-state index contributed by atoms with van der Waals surface area (Å²) >= 11 is 0. The highest BCUT2D eigenvalue weighted by Crippen LogP contribution is 2.07. The van der Waals surface area contributed by atoms with Crippen LogP contribution in [-0.4, -0.2) is 0 Å². The van der Waals surface area contributed by atoms with Gasteiger partial charge in [0.05, 0.1) is 11.8 Å². The molecule has 0 bridgehead atoms. The second-order valence-corrected chi connectivity index (χ2v) is 3.65. The summed E-state index contributed by atoms with van der Waals surface area (Å²) in [6, 6.07) is 0. The van der Waals surface area contributed by atoms with Crippen molar-refractivity contribution >= 4 is 0 Å². The van der Waals surface area contributed by atoms with Gasteiger partial charge in [0, 0.05) is 0 Å². The van der Waals surface area contributed by atoms with E-state index in [1.807, 2.05) is 48.6 Å². The molecule has 2 aliphatic rings. The normalized spacial score (nSPS) is 19.2. The van der Waals surface area contributed by atoms with Gasteiger partial charge in [-0.3, -0.25) is 0 Å². The maximum absolute atomic E-state index is 3.27. The summed E-state index contributed by atoms with van der Waals surface area (Å²) in [6.07, 6.45) is 24.7. The maximum Gasteiger partial charge on any atom is 0.0569 e. The van der Waals surface area contributed by atoms with E-state index >= 15 is 0 Å². The van der Waals surface area contributed by atoms with E-state index < -0.39 is 0 Å². The summed E-state index contributed by atoms with van der Waals surface area (Å²) in [4.78, 5) is 0. The monoisotopic (exact) mass is 206 g/mol. The van der Waals surface area contributed by atoms with E-state index in [9.17, 15) is 0 Å². The first-order chi connectivity index (χ1) is 7.95. The largest absolute Gasteiger partial charge is 0.0905 e. The average molecular weight is 206 g/mol. The highest BCUT2D eigenvalue weighted by molar-refractivity contribution is 5.31. The summed E-state index contributed by atoms with van der Waals surface area (Å²) in [7, 11) is 0. The van der Waals surface area contributed by atoms with Crippen molar-refractivity contribution in [2.75, 3.05) is 0 Å². The van der Waals surface area contributed by atoms with Gasteiger partial charge in [-0.1, -0.05) is 84.8 Å². The molecule has 0 heterocycles. The van der Waals surface area contributed by atoms with Gasteiger partial charge in [-0.25, -0.2) is 0 Å². The number of allylic oxidation sites excluding steroid dienone is 12. The van der Waals surface area contributed by atoms with Gasteiger partial charge < -0.3 is 0 Å². The molecule has 0 N–H and O–H groups in total. The van der Waals surface area contributed by atoms with E-state index in [0.29, 0.717) is 0 Å². The van der Waals surface area contributed by atoms with Gasteiger partial charge in [0.25, 0.3) is 0 Å². The van der Waals surface area contributed by atoms with Crippen molar-refractivity contribution in [3.63, 3.8) is 0 Å². The zero-order valence-electron chi connectivity index (χ0n) is 9.08. The molecule has 0 radical (unpaired) electrons. The Labute approximate surface area is 97.1 Å². The molecule has 0 heteroatoms. The van der Waals surface area contributed by atoms with Crippen molar-refractivity contribution in [1.29, 1.82) is 0 Å². The first-order valence-corrected chi connectivity index (χ1v) is 5.49. The van der Waals surface area contributed by atoms with Crippen LogP contribution in [0, 0.1) is 23.7 Å². The van der Waals surface area contributed by atoms with Crippen LogP contribution in [0.5, 0.6) is 0 Å². The third kappa shape index (κ3) is 3.29. The summed E-state index contributed by atoms with van der Waals surface area (Å²) in [5.41, 5.74) is 0. The standard InChI is InChI=1S/C16H14/c1-2-6-10-15(9-5-1)13-14-16-11-7-3-4-8-12-16/h1-12,15-16H. The van der Waals surface area contributed by atoms with Gasteiger partial charge in [-0.2, -0.15) is 0 Å². The number of rotatable bonds is 0. The van der Waals surface area contributed by atoms with E-state index in [-0.39, 0.29) is 11.8 Å². The van der Waals surface area contributed by atoms with Gasteiger partial charge in [0.15, 0.2) is 0 Å². The Balaban J connectivity index is 2.04. The topological polar surface area (TPSA) is 0 Å². The molecule has 2 rings (SSSR count). The zero-order valence-corrected chi connectivity index (χ0v) is 9.08. The van der Waals surface area contributed by atoms with Gasteiger partial charge >= 0.3 is 0 Å². The molecule has 0 aromatic heterocycles. The van der Waals surface area contributed by atoms with Gasteiger partial charge in [0.1, 0.15) is 0 Å². The lowest BCUT2D eigenvalue weighted by molar-refractivity contribution is 1.08. The average Bonchev–Trinajstić information content (AvgIpc) is 2.71. The number of hydrogen-bond acceptors (Lipinski definition) is 0. The summed E-state index contributed by atoms with van der Waals surface area (Å²) in [6.45, 7) is 0. The second-order valence-electron chi connectivity index (χ2n) is 3.65. The molecule has 0 saturated heterocycles. The minimum Gasteiger partial charge on any atom is -0.0905 e. The Morgan fingerprint density at radius 3 is 1.06 bits per heavy atom. The Kier molecular flexibility index (Phi) is 3.80. The van der Waals surface area contributed by atoms with E-state index in [1.165, 1.54) is 0 Å². The van der Waals surface area contributed by atoms with Crippen LogP contribution in [0.3, 0.4) is 0 Å². The van der Waals surface area contributed by atoms with Crippen LogP contribution in [0.25, 0.3) is 0 Å². The molecule has 0 aliphatic heterocycles. The zero-order chi connectivity index (χ0) is 11.1. The van der Waals surface area contributed by atoms with Crippen molar-refractivity contribution in [2.45, 2.75) is 0 Å². The molecule has 0 amide bonds. The van der Waals surface area contributed by atoms with E-state index in [1.54, 1.807) is 0 Å². The molecule has 16 heavy (non-hydrogen) atoms. The Morgan fingerprint density at radius 2 is 0.750 bits per heavy atom. The van der Waals surface area contributed by atoms with Gasteiger partial charge in [-0.15, -0.1) is 0 Å². The minimum absolute atomic E-state index is 0.230. The molecule has 0 fully saturated rings. The summed E-state index contributed by atoms with van der Waals surface area (Å²) in [5.74, 6) is 6.99. The molecule has 0 atom stereocenters. The van der Waals surface area contributed by atoms with Crippen LogP contribution in [0.1, 0.15) is 0 Å². The van der Waals surface area contributed by atoms with Gasteiger partial charge in [-0.05, 0) is 0 Å². The maximum atomic E-state index is 3.27. The molecule has 0 aromatic rings. The fraction of sp³-hybridized carbons (Fsp3) is 0.125. The molecule has 78 valence electrons. The molecule has 2 aliphatic carbocycles. The fourth-order valence-electron chi connectivity index (χ4n) is 1.51. The van der Waals surface area contributed by atoms with Crippen molar-refractivity contribution in [3.05, 3.63) is 72.9 Å². The predicted octanol–water partition coefficient (Wildman–Crippen LogP) is 3.59. The molecular formula is C16H14. The van der Waals surface area contributed by atoms with Gasteiger partial charge in [0.2, 0.25) is 0 Å². The molecule has 0 nitrogen and oxygen atoms in total. The SMILES string of the molecule is C(#CC1C=CC=CC=C1)C1C=CC=CC=C1. The van der Waals surface area contributed by atoms with Crippen molar-refractivity contribution in [1.82, 2.24) is 0 Å².